The third-order valence-corrected chi connectivity index (χ3v) is 4.20. The summed E-state index contributed by atoms with van der Waals surface area (Å²) in [5, 5.41) is 2.75. The summed E-state index contributed by atoms with van der Waals surface area (Å²) in [6.45, 7) is 4.76. The summed E-state index contributed by atoms with van der Waals surface area (Å²) in [6, 6.07) is 5.78. The van der Waals surface area contributed by atoms with Gasteiger partial charge in [-0.2, -0.15) is 0 Å². The van der Waals surface area contributed by atoms with Crippen LogP contribution in [0.15, 0.2) is 41.8 Å². The lowest BCUT2D eigenvalue weighted by atomic mass is 10.2. The lowest BCUT2D eigenvalue weighted by Crippen LogP contribution is -2.25. The van der Waals surface area contributed by atoms with Gasteiger partial charge in [-0.1, -0.05) is 6.08 Å². The van der Waals surface area contributed by atoms with E-state index < -0.39 is 10.0 Å². The summed E-state index contributed by atoms with van der Waals surface area (Å²) >= 11 is 0. The Morgan fingerprint density at radius 2 is 1.86 bits per heavy atom. The topological polar surface area (TPSA) is 101 Å². The number of halogens is 1. The van der Waals surface area contributed by atoms with Crippen LogP contribution in [0.3, 0.4) is 0 Å². The molecule has 1 amide bonds. The monoisotopic (exact) mass is 347 g/mol. The van der Waals surface area contributed by atoms with Gasteiger partial charge in [0.2, 0.25) is 10.0 Å². The van der Waals surface area contributed by atoms with E-state index in [0.29, 0.717) is 18.7 Å². The SMILES string of the molecule is C=CCNS(=O)(=O)c1ccc(C(=O)NCCCCN)cc1.Cl. The van der Waals surface area contributed by atoms with Gasteiger partial charge in [-0.05, 0) is 43.7 Å². The number of benzene rings is 1. The third-order valence-electron chi connectivity index (χ3n) is 2.76. The Balaban J connectivity index is 0.00000441. The highest BCUT2D eigenvalue weighted by Crippen LogP contribution is 2.10. The maximum Gasteiger partial charge on any atom is 0.251 e. The number of unbranched alkanes of at least 4 members (excludes halogenated alkanes) is 1. The Hall–Kier alpha value is -1.41. The van der Waals surface area contributed by atoms with Gasteiger partial charge < -0.3 is 11.1 Å². The second-order valence-corrected chi connectivity index (χ2v) is 6.18. The summed E-state index contributed by atoms with van der Waals surface area (Å²) in [4.78, 5) is 11.9. The van der Waals surface area contributed by atoms with E-state index in [1.54, 1.807) is 0 Å². The van der Waals surface area contributed by atoms with Crippen molar-refractivity contribution in [3.63, 3.8) is 0 Å². The minimum Gasteiger partial charge on any atom is -0.352 e. The van der Waals surface area contributed by atoms with E-state index in [-0.39, 0.29) is 29.8 Å². The zero-order chi connectivity index (χ0) is 15.7. The van der Waals surface area contributed by atoms with Gasteiger partial charge in [0, 0.05) is 18.7 Å². The molecule has 0 aliphatic rings. The fourth-order valence-corrected chi connectivity index (χ4v) is 2.61. The molecule has 0 saturated carbocycles. The van der Waals surface area contributed by atoms with Crippen LogP contribution in [0.2, 0.25) is 0 Å². The molecule has 1 aromatic rings. The maximum absolute atomic E-state index is 11.8. The molecule has 4 N–H and O–H groups in total. The number of hydrogen-bond acceptors (Lipinski definition) is 4. The first-order valence-electron chi connectivity index (χ1n) is 6.70. The highest BCUT2D eigenvalue weighted by Gasteiger charge is 2.13. The number of nitrogens with one attached hydrogen (secondary N) is 2. The first kappa shape index (κ1) is 20.6. The van der Waals surface area contributed by atoms with E-state index in [9.17, 15) is 13.2 Å². The predicted molar refractivity (Wildman–Crippen MR) is 89.7 cm³/mol. The van der Waals surface area contributed by atoms with E-state index in [4.69, 9.17) is 5.73 Å². The predicted octanol–water partition coefficient (Wildman–Crippen LogP) is 1.04. The molecule has 1 aromatic carbocycles. The maximum atomic E-state index is 11.8. The van der Waals surface area contributed by atoms with Crippen molar-refractivity contribution in [1.29, 1.82) is 0 Å². The molecule has 6 nitrogen and oxygen atoms in total. The molecule has 1 rings (SSSR count). The summed E-state index contributed by atoms with van der Waals surface area (Å²) in [5.74, 6) is -0.227. The van der Waals surface area contributed by atoms with E-state index in [2.05, 4.69) is 16.6 Å². The number of nitrogens with two attached hydrogens (primary N) is 1. The molecular formula is C14H22ClN3O3S. The quantitative estimate of drug-likeness (QED) is 0.459. The van der Waals surface area contributed by atoms with Crippen molar-refractivity contribution in [2.24, 2.45) is 5.73 Å². The van der Waals surface area contributed by atoms with E-state index >= 15 is 0 Å². The normalized spacial score (nSPS) is 10.6. The number of sulfonamides is 1. The van der Waals surface area contributed by atoms with Crippen LogP contribution in [0.5, 0.6) is 0 Å². The molecule has 8 heteroatoms. The average molecular weight is 348 g/mol. The molecule has 0 aliphatic heterocycles. The summed E-state index contributed by atoms with van der Waals surface area (Å²) in [5.41, 5.74) is 5.79. The Kier molecular flexibility index (Phi) is 9.68. The fourth-order valence-electron chi connectivity index (χ4n) is 1.61. The van der Waals surface area contributed by atoms with Gasteiger partial charge in [0.25, 0.3) is 5.91 Å². The van der Waals surface area contributed by atoms with Crippen LogP contribution in [-0.4, -0.2) is 34.0 Å². The Labute approximate surface area is 137 Å². The van der Waals surface area contributed by atoms with Gasteiger partial charge in [0.15, 0.2) is 0 Å². The van der Waals surface area contributed by atoms with Gasteiger partial charge in [0.05, 0.1) is 4.90 Å². The molecule has 0 aliphatic carbocycles. The Morgan fingerprint density at radius 3 is 2.41 bits per heavy atom. The molecule has 0 aromatic heterocycles. The van der Waals surface area contributed by atoms with Crippen LogP contribution in [-0.2, 0) is 10.0 Å². The van der Waals surface area contributed by atoms with Crippen LogP contribution >= 0.6 is 12.4 Å². The van der Waals surface area contributed by atoms with Crippen LogP contribution < -0.4 is 15.8 Å². The summed E-state index contributed by atoms with van der Waals surface area (Å²) < 4.78 is 26.1. The smallest absolute Gasteiger partial charge is 0.251 e. The molecule has 0 unspecified atom stereocenters. The number of carbonyl (C=O) groups is 1. The Bertz CT molecular complexity index is 574. The standard InChI is InChI=1S/C14H21N3O3S.ClH/c1-2-10-17-21(19,20)13-7-5-12(6-8-13)14(18)16-11-4-3-9-15;/h2,5-8,17H,1,3-4,9-11,15H2,(H,16,18);1H. The van der Waals surface area contributed by atoms with Crippen molar-refractivity contribution in [2.75, 3.05) is 19.6 Å². The minimum absolute atomic E-state index is 0. The molecule has 0 radical (unpaired) electrons. The lowest BCUT2D eigenvalue weighted by molar-refractivity contribution is 0.0953. The lowest BCUT2D eigenvalue weighted by Gasteiger charge is -2.07. The van der Waals surface area contributed by atoms with E-state index in [0.717, 1.165) is 12.8 Å². The molecular weight excluding hydrogens is 326 g/mol. The number of amides is 1. The molecule has 0 bridgehead atoms. The fraction of sp³-hybridized carbons (Fsp3) is 0.357. The number of hydrogen-bond donors (Lipinski definition) is 3. The zero-order valence-electron chi connectivity index (χ0n) is 12.2. The summed E-state index contributed by atoms with van der Waals surface area (Å²) in [6.07, 6.45) is 3.13. The molecule has 0 spiro atoms. The van der Waals surface area contributed by atoms with Crippen LogP contribution in [0, 0.1) is 0 Å². The second kappa shape index (κ2) is 10.3. The third kappa shape index (κ3) is 6.57. The highest BCUT2D eigenvalue weighted by atomic mass is 35.5. The van der Waals surface area contributed by atoms with Crippen molar-refractivity contribution in [2.45, 2.75) is 17.7 Å². The zero-order valence-corrected chi connectivity index (χ0v) is 13.9. The minimum atomic E-state index is -3.56. The second-order valence-electron chi connectivity index (χ2n) is 4.42. The van der Waals surface area contributed by atoms with E-state index in [1.165, 1.54) is 30.3 Å². The molecule has 0 heterocycles. The molecule has 22 heavy (non-hydrogen) atoms. The van der Waals surface area contributed by atoms with Gasteiger partial charge >= 0.3 is 0 Å². The van der Waals surface area contributed by atoms with Gasteiger partial charge in [-0.25, -0.2) is 13.1 Å². The van der Waals surface area contributed by atoms with Crippen LogP contribution in [0.4, 0.5) is 0 Å². The molecule has 124 valence electrons. The first-order chi connectivity index (χ1) is 10.0. The number of carbonyl (C=O) groups excluding carboxylic acids is 1. The molecule has 0 atom stereocenters. The van der Waals surface area contributed by atoms with Crippen molar-refractivity contribution >= 4 is 28.3 Å². The van der Waals surface area contributed by atoms with Gasteiger partial charge in [-0.3, -0.25) is 4.79 Å². The van der Waals surface area contributed by atoms with Crippen LogP contribution in [0.1, 0.15) is 23.2 Å². The van der Waals surface area contributed by atoms with Crippen molar-refractivity contribution in [3.05, 3.63) is 42.5 Å². The van der Waals surface area contributed by atoms with Gasteiger partial charge in [0.1, 0.15) is 0 Å². The van der Waals surface area contributed by atoms with Crippen molar-refractivity contribution in [3.8, 4) is 0 Å². The largest absolute Gasteiger partial charge is 0.352 e. The number of rotatable bonds is 9. The van der Waals surface area contributed by atoms with Crippen molar-refractivity contribution < 1.29 is 13.2 Å². The summed E-state index contributed by atoms with van der Waals surface area (Å²) in [7, 11) is -3.56. The van der Waals surface area contributed by atoms with Gasteiger partial charge in [-0.15, -0.1) is 19.0 Å². The Morgan fingerprint density at radius 1 is 1.23 bits per heavy atom. The average Bonchev–Trinajstić information content (AvgIpc) is 2.49. The van der Waals surface area contributed by atoms with Crippen molar-refractivity contribution in [1.82, 2.24) is 10.0 Å². The highest BCUT2D eigenvalue weighted by molar-refractivity contribution is 7.89. The van der Waals surface area contributed by atoms with Crippen LogP contribution in [0.25, 0.3) is 0 Å². The molecule has 0 fully saturated rings. The molecule has 0 saturated heterocycles. The first-order valence-corrected chi connectivity index (χ1v) is 8.18. The van der Waals surface area contributed by atoms with E-state index in [1.807, 2.05) is 0 Å².